The van der Waals surface area contributed by atoms with E-state index in [1.807, 2.05) is 0 Å². The van der Waals surface area contributed by atoms with E-state index in [4.69, 9.17) is 0 Å². The van der Waals surface area contributed by atoms with E-state index in [1.54, 1.807) is 0 Å². The molecular weight excluding hydrogens is 148 g/mol. The van der Waals surface area contributed by atoms with Gasteiger partial charge in [-0.05, 0) is 26.3 Å². The zero-order valence-electron chi connectivity index (χ0n) is 7.84. The molecule has 2 heteroatoms. The number of rotatable bonds is 2. The van der Waals surface area contributed by atoms with Crippen LogP contribution in [0.2, 0.25) is 0 Å². The minimum atomic E-state index is 0.942. The van der Waals surface area contributed by atoms with E-state index in [1.165, 1.54) is 45.4 Å². The van der Waals surface area contributed by atoms with Gasteiger partial charge in [0.1, 0.15) is 0 Å². The van der Waals surface area contributed by atoms with Gasteiger partial charge >= 0.3 is 0 Å². The number of hydrogen-bond donors (Lipinski definition) is 0. The van der Waals surface area contributed by atoms with Crippen molar-refractivity contribution in [3.05, 3.63) is 6.92 Å². The Balaban J connectivity index is 1.74. The molecule has 2 nitrogen and oxygen atoms in total. The van der Waals surface area contributed by atoms with Crippen LogP contribution < -0.4 is 0 Å². The Morgan fingerprint density at radius 1 is 1.08 bits per heavy atom. The van der Waals surface area contributed by atoms with Crippen LogP contribution >= 0.6 is 0 Å². The number of hydrogen-bond acceptors (Lipinski definition) is 2. The third kappa shape index (κ3) is 1.64. The maximum atomic E-state index is 3.92. The van der Waals surface area contributed by atoms with Crippen LogP contribution in [-0.2, 0) is 0 Å². The topological polar surface area (TPSA) is 6.48 Å². The van der Waals surface area contributed by atoms with Crippen molar-refractivity contribution in [2.45, 2.75) is 25.3 Å². The summed E-state index contributed by atoms with van der Waals surface area (Å²) >= 11 is 0. The van der Waals surface area contributed by atoms with Crippen LogP contribution in [0.25, 0.3) is 0 Å². The van der Waals surface area contributed by atoms with Crippen molar-refractivity contribution in [1.29, 1.82) is 0 Å². The van der Waals surface area contributed by atoms with Crippen LogP contribution in [0.4, 0.5) is 0 Å². The fourth-order valence-corrected chi connectivity index (χ4v) is 2.10. The summed E-state index contributed by atoms with van der Waals surface area (Å²) in [5.41, 5.74) is 0. The van der Waals surface area contributed by atoms with Gasteiger partial charge in [-0.25, -0.2) is 0 Å². The average molecular weight is 167 g/mol. The molecule has 0 bridgehead atoms. The quantitative estimate of drug-likeness (QED) is 0.605. The van der Waals surface area contributed by atoms with Gasteiger partial charge < -0.3 is 4.90 Å². The molecule has 12 heavy (non-hydrogen) atoms. The van der Waals surface area contributed by atoms with Gasteiger partial charge in [-0.1, -0.05) is 6.42 Å². The lowest BCUT2D eigenvalue weighted by Gasteiger charge is -2.42. The zero-order chi connectivity index (χ0) is 8.39. The summed E-state index contributed by atoms with van der Waals surface area (Å²) in [6, 6.07) is 0.942. The molecule has 69 valence electrons. The van der Waals surface area contributed by atoms with E-state index in [0.717, 1.165) is 12.6 Å². The van der Waals surface area contributed by atoms with Crippen LogP contribution in [0.1, 0.15) is 19.3 Å². The molecule has 2 aliphatic rings. The SMILES string of the molecule is [CH2]CN1CCN(C2CCC2)CC1. The Kier molecular flexibility index (Phi) is 2.66. The molecule has 1 radical (unpaired) electrons. The van der Waals surface area contributed by atoms with Crippen molar-refractivity contribution in [2.24, 2.45) is 0 Å². The summed E-state index contributed by atoms with van der Waals surface area (Å²) in [6.07, 6.45) is 4.36. The second kappa shape index (κ2) is 3.75. The normalized spacial score (nSPS) is 28.8. The number of piperazine rings is 1. The molecule has 1 heterocycles. The van der Waals surface area contributed by atoms with E-state index < -0.39 is 0 Å². The standard InChI is InChI=1S/C10H19N2/c1-2-11-6-8-12(9-7-11)10-4-3-5-10/h10H,1-9H2. The second-order valence-corrected chi connectivity index (χ2v) is 3.96. The van der Waals surface area contributed by atoms with Crippen LogP contribution in [0.3, 0.4) is 0 Å². The van der Waals surface area contributed by atoms with Gasteiger partial charge in [0.25, 0.3) is 0 Å². The molecule has 0 aromatic rings. The van der Waals surface area contributed by atoms with Gasteiger partial charge in [0, 0.05) is 32.2 Å². The molecule has 0 unspecified atom stereocenters. The summed E-state index contributed by atoms with van der Waals surface area (Å²) in [7, 11) is 0. The zero-order valence-corrected chi connectivity index (χ0v) is 7.84. The lowest BCUT2D eigenvalue weighted by atomic mass is 9.91. The van der Waals surface area contributed by atoms with E-state index in [9.17, 15) is 0 Å². The predicted octanol–water partition coefficient (Wildman–Crippen LogP) is 0.991. The summed E-state index contributed by atoms with van der Waals surface area (Å²) in [5, 5.41) is 0. The molecule has 1 aliphatic carbocycles. The predicted molar refractivity (Wildman–Crippen MR) is 51.0 cm³/mol. The highest BCUT2D eigenvalue weighted by atomic mass is 15.3. The Morgan fingerprint density at radius 2 is 1.75 bits per heavy atom. The van der Waals surface area contributed by atoms with E-state index in [0.29, 0.717) is 0 Å². The molecule has 2 fully saturated rings. The largest absolute Gasteiger partial charge is 0.301 e. The molecule has 0 atom stereocenters. The van der Waals surface area contributed by atoms with Gasteiger partial charge in [-0.15, -0.1) is 0 Å². The summed E-state index contributed by atoms with van der Waals surface area (Å²) in [4.78, 5) is 5.10. The van der Waals surface area contributed by atoms with E-state index >= 15 is 0 Å². The first-order valence-corrected chi connectivity index (χ1v) is 5.16. The minimum Gasteiger partial charge on any atom is -0.301 e. The Hall–Kier alpha value is -0.0800. The molecule has 1 saturated carbocycles. The summed E-state index contributed by atoms with van der Waals surface area (Å²) in [5.74, 6) is 0. The van der Waals surface area contributed by atoms with Crippen molar-refractivity contribution in [1.82, 2.24) is 9.80 Å². The third-order valence-corrected chi connectivity index (χ3v) is 3.31. The lowest BCUT2D eigenvalue weighted by Crippen LogP contribution is -2.52. The maximum Gasteiger partial charge on any atom is 0.0113 e. The fourth-order valence-electron chi connectivity index (χ4n) is 2.10. The first-order chi connectivity index (χ1) is 5.90. The van der Waals surface area contributed by atoms with Gasteiger partial charge in [0.2, 0.25) is 0 Å². The van der Waals surface area contributed by atoms with E-state index in [-0.39, 0.29) is 0 Å². The summed E-state index contributed by atoms with van der Waals surface area (Å²) in [6.45, 7) is 9.93. The van der Waals surface area contributed by atoms with Gasteiger partial charge in [0.05, 0.1) is 0 Å². The fraction of sp³-hybridized carbons (Fsp3) is 0.900. The lowest BCUT2D eigenvalue weighted by molar-refractivity contribution is 0.0663. The van der Waals surface area contributed by atoms with Crippen molar-refractivity contribution >= 4 is 0 Å². The average Bonchev–Trinajstić information content (AvgIpc) is 2.03. The third-order valence-electron chi connectivity index (χ3n) is 3.31. The Bertz CT molecular complexity index is 135. The molecule has 1 aliphatic heterocycles. The van der Waals surface area contributed by atoms with Crippen molar-refractivity contribution in [3.8, 4) is 0 Å². The van der Waals surface area contributed by atoms with Gasteiger partial charge in [-0.2, -0.15) is 0 Å². The van der Waals surface area contributed by atoms with Gasteiger partial charge in [0.15, 0.2) is 0 Å². The molecule has 0 aromatic heterocycles. The molecule has 2 rings (SSSR count). The van der Waals surface area contributed by atoms with Crippen molar-refractivity contribution in [3.63, 3.8) is 0 Å². The monoisotopic (exact) mass is 167 g/mol. The highest BCUT2D eigenvalue weighted by Crippen LogP contribution is 2.25. The first kappa shape index (κ1) is 8.52. The van der Waals surface area contributed by atoms with Crippen LogP contribution in [0, 0.1) is 6.92 Å². The van der Waals surface area contributed by atoms with Crippen molar-refractivity contribution < 1.29 is 0 Å². The molecule has 0 spiro atoms. The maximum absolute atomic E-state index is 3.92. The first-order valence-electron chi connectivity index (χ1n) is 5.16. The van der Waals surface area contributed by atoms with E-state index in [2.05, 4.69) is 16.7 Å². The second-order valence-electron chi connectivity index (χ2n) is 3.96. The van der Waals surface area contributed by atoms with Crippen molar-refractivity contribution in [2.75, 3.05) is 32.7 Å². The number of nitrogens with zero attached hydrogens (tertiary/aromatic N) is 2. The highest BCUT2D eigenvalue weighted by molar-refractivity contribution is 4.83. The van der Waals surface area contributed by atoms with Crippen LogP contribution in [-0.4, -0.2) is 48.6 Å². The van der Waals surface area contributed by atoms with Crippen LogP contribution in [0.5, 0.6) is 0 Å². The Labute approximate surface area is 75.5 Å². The smallest absolute Gasteiger partial charge is 0.0113 e. The minimum absolute atomic E-state index is 0.942. The van der Waals surface area contributed by atoms with Gasteiger partial charge in [-0.3, -0.25) is 4.90 Å². The molecule has 0 aromatic carbocycles. The highest BCUT2D eigenvalue weighted by Gasteiger charge is 2.27. The molecular formula is C10H19N2. The molecule has 1 saturated heterocycles. The Morgan fingerprint density at radius 3 is 2.17 bits per heavy atom. The van der Waals surface area contributed by atoms with Crippen LogP contribution in [0.15, 0.2) is 0 Å². The molecule has 0 N–H and O–H groups in total. The summed E-state index contributed by atoms with van der Waals surface area (Å²) < 4.78 is 0. The molecule has 0 amide bonds.